The van der Waals surface area contributed by atoms with Crippen molar-refractivity contribution in [1.82, 2.24) is 5.43 Å². The van der Waals surface area contributed by atoms with Gasteiger partial charge < -0.3 is 14.2 Å². The van der Waals surface area contributed by atoms with Gasteiger partial charge in [-0.25, -0.2) is 5.43 Å². The number of hydrazone groups is 1. The Morgan fingerprint density at radius 1 is 1.08 bits per heavy atom. The zero-order chi connectivity index (χ0) is 17.4. The van der Waals surface area contributed by atoms with Gasteiger partial charge in [0.2, 0.25) is 0 Å². The van der Waals surface area contributed by atoms with Crippen molar-refractivity contribution in [1.29, 1.82) is 0 Å². The lowest BCUT2D eigenvalue weighted by atomic mass is 10.2. The molecule has 0 aliphatic carbocycles. The average Bonchev–Trinajstić information content (AvgIpc) is 2.62. The van der Waals surface area contributed by atoms with Gasteiger partial charge in [-0.2, -0.15) is 5.10 Å². The van der Waals surface area contributed by atoms with Crippen LogP contribution in [0.25, 0.3) is 0 Å². The number of para-hydroxylation sites is 1. The average molecular weight is 328 g/mol. The summed E-state index contributed by atoms with van der Waals surface area (Å²) in [5, 5.41) is 3.97. The van der Waals surface area contributed by atoms with Crippen LogP contribution in [0.2, 0.25) is 0 Å². The largest absolute Gasteiger partial charge is 0.496 e. The maximum atomic E-state index is 12.2. The molecule has 24 heavy (non-hydrogen) atoms. The van der Waals surface area contributed by atoms with Crippen LogP contribution in [0.5, 0.6) is 17.2 Å². The third-order valence-electron chi connectivity index (χ3n) is 3.23. The van der Waals surface area contributed by atoms with Gasteiger partial charge in [-0.1, -0.05) is 12.1 Å². The van der Waals surface area contributed by atoms with Gasteiger partial charge in [0, 0.05) is 11.1 Å². The van der Waals surface area contributed by atoms with Crippen molar-refractivity contribution in [2.24, 2.45) is 5.10 Å². The molecular weight excluding hydrogens is 308 g/mol. The highest BCUT2D eigenvalue weighted by Crippen LogP contribution is 2.28. The molecule has 0 aliphatic heterocycles. The summed E-state index contributed by atoms with van der Waals surface area (Å²) in [5.74, 6) is 1.43. The fraction of sp³-hybridized carbons (Fsp3) is 0.222. The van der Waals surface area contributed by atoms with E-state index < -0.39 is 0 Å². The summed E-state index contributed by atoms with van der Waals surface area (Å²) in [6, 6.07) is 12.3. The molecule has 1 amide bonds. The van der Waals surface area contributed by atoms with Crippen molar-refractivity contribution in [2.75, 3.05) is 20.8 Å². The van der Waals surface area contributed by atoms with E-state index in [9.17, 15) is 4.79 Å². The molecule has 2 aromatic carbocycles. The number of hydrogen-bond acceptors (Lipinski definition) is 5. The Labute approximate surface area is 141 Å². The molecule has 0 heterocycles. The van der Waals surface area contributed by atoms with Gasteiger partial charge in [0.1, 0.15) is 5.75 Å². The molecule has 2 aromatic rings. The van der Waals surface area contributed by atoms with Crippen LogP contribution in [0.15, 0.2) is 47.6 Å². The van der Waals surface area contributed by atoms with Gasteiger partial charge in [0.25, 0.3) is 5.91 Å². The second-order valence-corrected chi connectivity index (χ2v) is 4.74. The van der Waals surface area contributed by atoms with Crippen LogP contribution in [0.3, 0.4) is 0 Å². The molecule has 0 atom stereocenters. The Morgan fingerprint density at radius 2 is 1.83 bits per heavy atom. The van der Waals surface area contributed by atoms with Gasteiger partial charge >= 0.3 is 0 Å². The van der Waals surface area contributed by atoms with Crippen molar-refractivity contribution in [2.45, 2.75) is 6.92 Å². The lowest BCUT2D eigenvalue weighted by molar-refractivity contribution is 0.0954. The first-order chi connectivity index (χ1) is 11.7. The fourth-order valence-corrected chi connectivity index (χ4v) is 2.08. The second kappa shape index (κ2) is 8.57. The number of methoxy groups -OCH3 is 2. The molecule has 0 aliphatic rings. The summed E-state index contributed by atoms with van der Waals surface area (Å²) in [6.07, 6.45) is 1.53. The lowest BCUT2D eigenvalue weighted by Gasteiger charge is -2.10. The first-order valence-corrected chi connectivity index (χ1v) is 7.46. The highest BCUT2D eigenvalue weighted by molar-refractivity contribution is 5.95. The number of rotatable bonds is 7. The zero-order valence-electron chi connectivity index (χ0n) is 13.9. The van der Waals surface area contributed by atoms with E-state index in [1.165, 1.54) is 6.21 Å². The Bertz CT molecular complexity index is 729. The predicted octanol–water partition coefficient (Wildman–Crippen LogP) is 2.87. The molecule has 0 fully saturated rings. The summed E-state index contributed by atoms with van der Waals surface area (Å²) < 4.78 is 15.9. The second-order valence-electron chi connectivity index (χ2n) is 4.74. The van der Waals surface area contributed by atoms with Crippen LogP contribution in [0.1, 0.15) is 22.8 Å². The van der Waals surface area contributed by atoms with E-state index in [0.29, 0.717) is 29.4 Å². The molecule has 6 nitrogen and oxygen atoms in total. The highest BCUT2D eigenvalue weighted by Gasteiger charge is 2.10. The Balaban J connectivity index is 2.09. The topological polar surface area (TPSA) is 69.2 Å². The van der Waals surface area contributed by atoms with Crippen LogP contribution in [-0.2, 0) is 0 Å². The Kier molecular flexibility index (Phi) is 6.19. The quantitative estimate of drug-likeness (QED) is 0.627. The van der Waals surface area contributed by atoms with Crippen molar-refractivity contribution in [3.05, 3.63) is 53.6 Å². The third-order valence-corrected chi connectivity index (χ3v) is 3.23. The van der Waals surface area contributed by atoms with E-state index in [1.807, 2.05) is 31.2 Å². The molecule has 0 aromatic heterocycles. The van der Waals surface area contributed by atoms with E-state index in [-0.39, 0.29) is 5.91 Å². The minimum absolute atomic E-state index is 0.343. The third kappa shape index (κ3) is 4.25. The van der Waals surface area contributed by atoms with Crippen LogP contribution >= 0.6 is 0 Å². The number of nitrogens with zero attached hydrogens (tertiary/aromatic N) is 1. The van der Waals surface area contributed by atoms with Gasteiger partial charge in [0.15, 0.2) is 11.5 Å². The van der Waals surface area contributed by atoms with Crippen LogP contribution in [0, 0.1) is 0 Å². The van der Waals surface area contributed by atoms with Crippen LogP contribution in [-0.4, -0.2) is 32.9 Å². The molecule has 0 unspecified atom stereocenters. The van der Waals surface area contributed by atoms with Crippen molar-refractivity contribution >= 4 is 12.1 Å². The lowest BCUT2D eigenvalue weighted by Crippen LogP contribution is -2.17. The maximum Gasteiger partial charge on any atom is 0.271 e. The predicted molar refractivity (Wildman–Crippen MR) is 92.2 cm³/mol. The Morgan fingerprint density at radius 3 is 2.54 bits per heavy atom. The number of carbonyl (C=O) groups is 1. The number of ether oxygens (including phenoxy) is 3. The van der Waals surface area contributed by atoms with Gasteiger partial charge in [-0.05, 0) is 37.3 Å². The first kappa shape index (κ1) is 17.3. The SMILES string of the molecule is CCOc1cc(C(=O)N/N=C/c2ccccc2OC)ccc1OC. The van der Waals surface area contributed by atoms with E-state index in [2.05, 4.69) is 10.5 Å². The van der Waals surface area contributed by atoms with Gasteiger partial charge in [-0.15, -0.1) is 0 Å². The number of nitrogens with one attached hydrogen (secondary N) is 1. The fourth-order valence-electron chi connectivity index (χ4n) is 2.08. The standard InChI is InChI=1S/C18H20N2O4/c1-4-24-17-11-13(9-10-16(17)23-3)18(21)20-19-12-14-7-5-6-8-15(14)22-2/h5-12H,4H2,1-3H3,(H,20,21)/b19-12+. The molecule has 0 radical (unpaired) electrons. The van der Waals surface area contributed by atoms with E-state index in [0.717, 1.165) is 5.56 Å². The zero-order valence-corrected chi connectivity index (χ0v) is 13.9. The summed E-state index contributed by atoms with van der Waals surface area (Å²) in [4.78, 5) is 12.2. The molecule has 0 spiro atoms. The molecule has 0 bridgehead atoms. The highest BCUT2D eigenvalue weighted by atomic mass is 16.5. The van der Waals surface area contributed by atoms with Crippen molar-refractivity contribution in [3.63, 3.8) is 0 Å². The van der Waals surface area contributed by atoms with E-state index >= 15 is 0 Å². The minimum Gasteiger partial charge on any atom is -0.496 e. The van der Waals surface area contributed by atoms with Crippen LogP contribution in [0.4, 0.5) is 0 Å². The monoisotopic (exact) mass is 328 g/mol. The normalized spacial score (nSPS) is 10.5. The molecule has 126 valence electrons. The summed E-state index contributed by atoms with van der Waals surface area (Å²) in [5.41, 5.74) is 3.68. The molecule has 1 N–H and O–H groups in total. The van der Waals surface area contributed by atoms with E-state index in [4.69, 9.17) is 14.2 Å². The first-order valence-electron chi connectivity index (χ1n) is 7.46. The summed E-state index contributed by atoms with van der Waals surface area (Å²) >= 11 is 0. The van der Waals surface area contributed by atoms with Crippen LogP contribution < -0.4 is 19.6 Å². The Hall–Kier alpha value is -3.02. The number of hydrogen-bond donors (Lipinski definition) is 1. The van der Waals surface area contributed by atoms with Crippen molar-refractivity contribution < 1.29 is 19.0 Å². The van der Waals surface area contributed by atoms with E-state index in [1.54, 1.807) is 32.4 Å². The molecule has 6 heteroatoms. The molecule has 2 rings (SSSR count). The molecule has 0 saturated carbocycles. The summed E-state index contributed by atoms with van der Waals surface area (Å²) in [6.45, 7) is 2.34. The number of carbonyl (C=O) groups excluding carboxylic acids is 1. The smallest absolute Gasteiger partial charge is 0.271 e. The van der Waals surface area contributed by atoms with Crippen molar-refractivity contribution in [3.8, 4) is 17.2 Å². The van der Waals surface area contributed by atoms with Gasteiger partial charge in [-0.3, -0.25) is 4.79 Å². The maximum absolute atomic E-state index is 12.2. The molecule has 0 saturated heterocycles. The minimum atomic E-state index is -0.343. The number of benzene rings is 2. The number of amides is 1. The molecular formula is C18H20N2O4. The summed E-state index contributed by atoms with van der Waals surface area (Å²) in [7, 11) is 3.13. The van der Waals surface area contributed by atoms with Gasteiger partial charge in [0.05, 0.1) is 27.0 Å².